The third-order valence-electron chi connectivity index (χ3n) is 13.1. The first-order valence-corrected chi connectivity index (χ1v) is 19.3. The van der Waals surface area contributed by atoms with Crippen LogP contribution in [0.15, 0.2) is 194 Å². The summed E-state index contributed by atoms with van der Waals surface area (Å²) in [4.78, 5) is 0. The van der Waals surface area contributed by atoms with Gasteiger partial charge in [-0.1, -0.05) is 170 Å². The molecule has 0 N–H and O–H groups in total. The average Bonchev–Trinajstić information content (AvgIpc) is 3.84. The van der Waals surface area contributed by atoms with Crippen LogP contribution in [-0.4, -0.2) is 0 Å². The van der Waals surface area contributed by atoms with Crippen molar-refractivity contribution in [2.45, 2.75) is 10.8 Å². The normalized spacial score (nSPS) is 15.0. The highest BCUT2D eigenvalue weighted by molar-refractivity contribution is 6.00. The van der Waals surface area contributed by atoms with Crippen LogP contribution in [0.3, 0.4) is 0 Å². The third-order valence-corrected chi connectivity index (χ3v) is 13.1. The summed E-state index contributed by atoms with van der Waals surface area (Å²) < 4.78 is 7.00. The first-order valence-electron chi connectivity index (χ1n) is 19.3. The maximum Gasteiger partial charge on any atom is 0.132 e. The van der Waals surface area contributed by atoms with Crippen molar-refractivity contribution in [2.24, 2.45) is 0 Å². The van der Waals surface area contributed by atoms with Crippen LogP contribution in [0, 0.1) is 0 Å². The van der Waals surface area contributed by atoms with Crippen LogP contribution in [0.5, 0.6) is 11.5 Å². The molecule has 2 spiro atoms. The van der Waals surface area contributed by atoms with E-state index < -0.39 is 10.8 Å². The first-order chi connectivity index (χ1) is 27.3. The summed E-state index contributed by atoms with van der Waals surface area (Å²) in [6.45, 7) is 0. The van der Waals surface area contributed by atoms with Gasteiger partial charge in [-0.05, 0) is 113 Å². The van der Waals surface area contributed by atoms with Crippen molar-refractivity contribution in [3.8, 4) is 56.0 Å². The third kappa shape index (κ3) is 3.46. The second-order valence-electron chi connectivity index (χ2n) is 15.5. The Labute approximate surface area is 319 Å². The van der Waals surface area contributed by atoms with Crippen LogP contribution in [0.25, 0.3) is 55.3 Å². The largest absolute Gasteiger partial charge is 0.457 e. The molecule has 0 amide bonds. The Balaban J connectivity index is 1.12. The second kappa shape index (κ2) is 10.4. The first kappa shape index (κ1) is 29.5. The van der Waals surface area contributed by atoms with E-state index in [4.69, 9.17) is 4.74 Å². The van der Waals surface area contributed by atoms with Crippen LogP contribution < -0.4 is 4.74 Å². The van der Waals surface area contributed by atoms with Crippen molar-refractivity contribution in [1.29, 1.82) is 0 Å². The Kier molecular flexibility index (Phi) is 5.56. The molecule has 1 heteroatoms. The lowest BCUT2D eigenvalue weighted by Gasteiger charge is -2.40. The molecule has 9 aromatic rings. The molecule has 9 aromatic carbocycles. The molecule has 4 aliphatic rings. The molecular formula is C54H32O. The van der Waals surface area contributed by atoms with Gasteiger partial charge in [-0.15, -0.1) is 0 Å². The molecule has 1 heterocycles. The average molecular weight is 697 g/mol. The summed E-state index contributed by atoms with van der Waals surface area (Å²) in [5.74, 6) is 1.82. The van der Waals surface area contributed by atoms with E-state index in [0.717, 1.165) is 11.5 Å². The van der Waals surface area contributed by atoms with Gasteiger partial charge in [0.1, 0.15) is 11.5 Å². The summed E-state index contributed by atoms with van der Waals surface area (Å²) in [7, 11) is 0. The maximum atomic E-state index is 7.00. The zero-order valence-corrected chi connectivity index (χ0v) is 29.9. The highest BCUT2D eigenvalue weighted by atomic mass is 16.5. The molecule has 3 aliphatic carbocycles. The fourth-order valence-electron chi connectivity index (χ4n) is 11.1. The van der Waals surface area contributed by atoms with Crippen LogP contribution in [0.2, 0.25) is 0 Å². The molecule has 254 valence electrons. The van der Waals surface area contributed by atoms with E-state index in [1.165, 1.54) is 99.8 Å². The molecule has 1 nitrogen and oxygen atoms in total. The molecule has 0 radical (unpaired) electrons. The smallest absolute Gasteiger partial charge is 0.132 e. The summed E-state index contributed by atoms with van der Waals surface area (Å²) in [5.41, 5.74) is 19.7. The highest BCUT2D eigenvalue weighted by Gasteiger charge is 2.53. The zero-order valence-electron chi connectivity index (χ0n) is 29.9. The van der Waals surface area contributed by atoms with E-state index in [-0.39, 0.29) is 0 Å². The molecule has 0 saturated heterocycles. The van der Waals surface area contributed by atoms with Crippen LogP contribution in [0.4, 0.5) is 0 Å². The summed E-state index contributed by atoms with van der Waals surface area (Å²) >= 11 is 0. The van der Waals surface area contributed by atoms with Crippen molar-refractivity contribution < 1.29 is 4.74 Å². The fourth-order valence-corrected chi connectivity index (χ4v) is 11.1. The Bertz CT molecular complexity index is 3050. The highest BCUT2D eigenvalue weighted by Crippen LogP contribution is 2.66. The van der Waals surface area contributed by atoms with Crippen molar-refractivity contribution in [3.63, 3.8) is 0 Å². The summed E-state index contributed by atoms with van der Waals surface area (Å²) in [5, 5.41) is 2.39. The number of benzene rings is 9. The van der Waals surface area contributed by atoms with E-state index in [9.17, 15) is 0 Å². The standard InChI is InChI=1S/C54H32O/c1-2-15-34-32-51-49(30-33(34)14-1)54(44-24-10-5-18-39(44)40-19-6-11-25-45(40)54)48-31-35(28-29-50(48)55-51)36-21-13-27-47-52(36)41-20-7-12-26-46(41)53(47)42-22-8-3-16-37(42)38-17-4-9-23-43(38)53/h1-32H. The molecule has 0 atom stereocenters. The lowest BCUT2D eigenvalue weighted by atomic mass is 9.65. The lowest BCUT2D eigenvalue weighted by Crippen LogP contribution is -2.32. The predicted octanol–water partition coefficient (Wildman–Crippen LogP) is 13.3. The summed E-state index contributed by atoms with van der Waals surface area (Å²) in [6, 6.07) is 72.4. The molecule has 0 bridgehead atoms. The second-order valence-corrected chi connectivity index (χ2v) is 15.5. The molecule has 0 aromatic heterocycles. The number of rotatable bonds is 1. The van der Waals surface area contributed by atoms with Gasteiger partial charge in [-0.25, -0.2) is 0 Å². The van der Waals surface area contributed by atoms with E-state index in [2.05, 4.69) is 194 Å². The minimum absolute atomic E-state index is 0.392. The van der Waals surface area contributed by atoms with Crippen molar-refractivity contribution in [3.05, 3.63) is 239 Å². The molecular weight excluding hydrogens is 665 g/mol. The quantitative estimate of drug-likeness (QED) is 0.166. The van der Waals surface area contributed by atoms with Crippen molar-refractivity contribution in [1.82, 2.24) is 0 Å². The fraction of sp³-hybridized carbons (Fsp3) is 0.0370. The number of hydrogen-bond donors (Lipinski definition) is 0. The monoisotopic (exact) mass is 696 g/mol. The molecule has 55 heavy (non-hydrogen) atoms. The van der Waals surface area contributed by atoms with Gasteiger partial charge < -0.3 is 4.74 Å². The Morgan fingerprint density at radius 1 is 0.273 bits per heavy atom. The van der Waals surface area contributed by atoms with Gasteiger partial charge in [-0.2, -0.15) is 0 Å². The van der Waals surface area contributed by atoms with Gasteiger partial charge in [0.15, 0.2) is 0 Å². The SMILES string of the molecule is c1ccc2c(c1)-c1ccccc1C21c2cc(-c3cccc4c3-c3ccccc3C43c4ccccc4-c4ccccc43)ccc2Oc2cc3ccccc3cc21. The number of ether oxygens (including phenoxy) is 1. The van der Waals surface area contributed by atoms with Gasteiger partial charge in [-0.3, -0.25) is 0 Å². The number of hydrogen-bond acceptors (Lipinski definition) is 1. The maximum absolute atomic E-state index is 7.00. The van der Waals surface area contributed by atoms with E-state index >= 15 is 0 Å². The van der Waals surface area contributed by atoms with Gasteiger partial charge in [0.2, 0.25) is 0 Å². The number of fused-ring (bicyclic) bond motifs is 20. The predicted molar refractivity (Wildman–Crippen MR) is 223 cm³/mol. The van der Waals surface area contributed by atoms with Crippen LogP contribution in [-0.2, 0) is 10.8 Å². The van der Waals surface area contributed by atoms with Gasteiger partial charge in [0.25, 0.3) is 0 Å². The van der Waals surface area contributed by atoms with Gasteiger partial charge in [0, 0.05) is 11.1 Å². The minimum atomic E-state index is -0.559. The van der Waals surface area contributed by atoms with E-state index in [0.29, 0.717) is 0 Å². The minimum Gasteiger partial charge on any atom is -0.457 e. The molecule has 1 aliphatic heterocycles. The Morgan fingerprint density at radius 2 is 0.691 bits per heavy atom. The zero-order chi connectivity index (χ0) is 35.9. The van der Waals surface area contributed by atoms with Crippen molar-refractivity contribution >= 4 is 10.8 Å². The Morgan fingerprint density at radius 3 is 1.27 bits per heavy atom. The van der Waals surface area contributed by atoms with Crippen LogP contribution in [0.1, 0.15) is 44.5 Å². The Hall–Kier alpha value is -6.96. The van der Waals surface area contributed by atoms with E-state index in [1.54, 1.807) is 0 Å². The van der Waals surface area contributed by atoms with Gasteiger partial charge in [0.05, 0.1) is 10.8 Å². The van der Waals surface area contributed by atoms with Crippen molar-refractivity contribution in [2.75, 3.05) is 0 Å². The van der Waals surface area contributed by atoms with E-state index in [1.807, 2.05) is 0 Å². The molecule has 0 unspecified atom stereocenters. The van der Waals surface area contributed by atoms with Crippen LogP contribution >= 0.6 is 0 Å². The molecule has 13 rings (SSSR count). The van der Waals surface area contributed by atoms with Gasteiger partial charge >= 0.3 is 0 Å². The molecule has 0 fully saturated rings. The topological polar surface area (TPSA) is 9.23 Å². The molecule has 0 saturated carbocycles. The summed E-state index contributed by atoms with van der Waals surface area (Å²) in [6.07, 6.45) is 0. The lowest BCUT2D eigenvalue weighted by molar-refractivity contribution is 0.437.